The number of rotatable bonds is 6. The molecule has 1 saturated carbocycles. The van der Waals surface area contributed by atoms with E-state index in [-0.39, 0.29) is 23.9 Å². The van der Waals surface area contributed by atoms with Crippen molar-refractivity contribution in [3.8, 4) is 0 Å². The molecule has 2 fully saturated rings. The highest BCUT2D eigenvalue weighted by Gasteiger charge is 2.48. The molecule has 0 bridgehead atoms. The fraction of sp³-hybridized carbons (Fsp3) is 0.609. The lowest BCUT2D eigenvalue weighted by Crippen LogP contribution is -2.52. The number of nitrogens with zero attached hydrogens (tertiary/aromatic N) is 2. The number of amides is 1. The van der Waals surface area contributed by atoms with Gasteiger partial charge >= 0.3 is 5.97 Å². The minimum Gasteiger partial charge on any atom is -0.466 e. The van der Waals surface area contributed by atoms with E-state index >= 15 is 0 Å². The van der Waals surface area contributed by atoms with Crippen molar-refractivity contribution in [1.29, 1.82) is 0 Å². The van der Waals surface area contributed by atoms with Gasteiger partial charge in [-0.25, -0.2) is 0 Å². The largest absolute Gasteiger partial charge is 0.466 e. The first-order chi connectivity index (χ1) is 14.0. The quantitative estimate of drug-likeness (QED) is 0.688. The molecule has 156 valence electrons. The van der Waals surface area contributed by atoms with E-state index in [0.717, 1.165) is 43.5 Å². The number of piperidine rings is 1. The average Bonchev–Trinajstić information content (AvgIpc) is 3.48. The maximum Gasteiger partial charge on any atom is 0.314 e. The second-order valence-corrected chi connectivity index (χ2v) is 8.68. The summed E-state index contributed by atoms with van der Waals surface area (Å²) in [5.74, 6) is 0.148. The standard InChI is InChI=1S/C23H30N2O4/c1-3-28-22(27)23(11-4-12-25(15-23)21(26)18-9-10-18)14-19-13-20(24-29-19)17-7-5-16(2)6-8-17/h5-8,18-19H,3-4,9-15H2,1-2H3/t19-,23-/m1/s1. The smallest absolute Gasteiger partial charge is 0.314 e. The van der Waals surface area contributed by atoms with Crippen molar-refractivity contribution in [2.24, 2.45) is 16.5 Å². The zero-order valence-electron chi connectivity index (χ0n) is 17.4. The molecule has 2 heterocycles. The average molecular weight is 399 g/mol. The van der Waals surface area contributed by atoms with E-state index in [0.29, 0.717) is 26.0 Å². The predicted octanol–water partition coefficient (Wildman–Crippen LogP) is 3.46. The van der Waals surface area contributed by atoms with Gasteiger partial charge in [-0.2, -0.15) is 0 Å². The molecule has 2 atom stereocenters. The Hall–Kier alpha value is -2.37. The molecule has 1 aliphatic carbocycles. The van der Waals surface area contributed by atoms with Crippen LogP contribution in [0.25, 0.3) is 0 Å². The van der Waals surface area contributed by atoms with Gasteiger partial charge < -0.3 is 14.5 Å². The first-order valence-electron chi connectivity index (χ1n) is 10.8. The van der Waals surface area contributed by atoms with Crippen LogP contribution in [0.3, 0.4) is 0 Å². The van der Waals surface area contributed by atoms with Crippen molar-refractivity contribution < 1.29 is 19.2 Å². The summed E-state index contributed by atoms with van der Waals surface area (Å²) in [6.07, 6.45) is 4.50. The molecule has 6 heteroatoms. The van der Waals surface area contributed by atoms with Crippen molar-refractivity contribution in [2.75, 3.05) is 19.7 Å². The third-order valence-electron chi connectivity index (χ3n) is 6.26. The molecule has 1 saturated heterocycles. The molecular weight excluding hydrogens is 368 g/mol. The zero-order chi connectivity index (χ0) is 20.4. The normalized spacial score (nSPS) is 26.6. The van der Waals surface area contributed by atoms with Gasteiger partial charge in [-0.1, -0.05) is 35.0 Å². The Morgan fingerprint density at radius 3 is 2.72 bits per heavy atom. The first kappa shape index (κ1) is 19.9. The SMILES string of the molecule is CCOC(=O)[C@@]1(C[C@H]2CC(c3ccc(C)cc3)=NO2)CCCN(C(=O)C2CC2)C1. The van der Waals surface area contributed by atoms with Crippen LogP contribution in [0.2, 0.25) is 0 Å². The van der Waals surface area contributed by atoms with Crippen LogP contribution in [-0.2, 0) is 19.2 Å². The number of likely N-dealkylation sites (tertiary alicyclic amines) is 1. The van der Waals surface area contributed by atoms with Gasteiger partial charge in [0.1, 0.15) is 6.10 Å². The Labute approximate surface area is 172 Å². The Kier molecular flexibility index (Phi) is 5.61. The van der Waals surface area contributed by atoms with Gasteiger partial charge in [0.2, 0.25) is 5.91 Å². The van der Waals surface area contributed by atoms with Gasteiger partial charge in [0.25, 0.3) is 0 Å². The lowest BCUT2D eigenvalue weighted by Gasteiger charge is -2.41. The third-order valence-corrected chi connectivity index (χ3v) is 6.26. The van der Waals surface area contributed by atoms with Gasteiger partial charge in [-0.3, -0.25) is 9.59 Å². The fourth-order valence-electron chi connectivity index (χ4n) is 4.50. The minimum atomic E-state index is -0.707. The van der Waals surface area contributed by atoms with Crippen LogP contribution in [0.5, 0.6) is 0 Å². The second-order valence-electron chi connectivity index (χ2n) is 8.68. The summed E-state index contributed by atoms with van der Waals surface area (Å²) in [6, 6.07) is 8.23. The number of hydrogen-bond donors (Lipinski definition) is 0. The summed E-state index contributed by atoms with van der Waals surface area (Å²) in [4.78, 5) is 33.3. The molecule has 0 unspecified atom stereocenters. The van der Waals surface area contributed by atoms with Crippen LogP contribution in [0.4, 0.5) is 0 Å². The molecule has 0 aromatic heterocycles. The summed E-state index contributed by atoms with van der Waals surface area (Å²) in [5.41, 5.74) is 2.46. The maximum atomic E-state index is 13.0. The van der Waals surface area contributed by atoms with E-state index in [1.165, 1.54) is 5.56 Å². The minimum absolute atomic E-state index is 0.159. The number of carbonyl (C=O) groups is 2. The van der Waals surface area contributed by atoms with Crippen molar-refractivity contribution in [1.82, 2.24) is 4.90 Å². The van der Waals surface area contributed by atoms with E-state index in [1.807, 2.05) is 11.8 Å². The van der Waals surface area contributed by atoms with Crippen molar-refractivity contribution >= 4 is 17.6 Å². The summed E-state index contributed by atoms with van der Waals surface area (Å²) in [5, 5.41) is 4.30. The predicted molar refractivity (Wildman–Crippen MR) is 109 cm³/mol. The molecule has 6 nitrogen and oxygen atoms in total. The zero-order valence-corrected chi connectivity index (χ0v) is 17.4. The van der Waals surface area contributed by atoms with Crippen LogP contribution in [-0.4, -0.2) is 48.3 Å². The first-order valence-corrected chi connectivity index (χ1v) is 10.8. The molecule has 0 radical (unpaired) electrons. The highest BCUT2D eigenvalue weighted by atomic mass is 16.6. The summed E-state index contributed by atoms with van der Waals surface area (Å²) in [7, 11) is 0. The van der Waals surface area contributed by atoms with Gasteiger partial charge in [0.15, 0.2) is 0 Å². The maximum absolute atomic E-state index is 13.0. The molecule has 3 aliphatic rings. The van der Waals surface area contributed by atoms with Crippen LogP contribution in [0, 0.1) is 18.3 Å². The van der Waals surface area contributed by atoms with Crippen LogP contribution < -0.4 is 0 Å². The fourth-order valence-corrected chi connectivity index (χ4v) is 4.50. The summed E-state index contributed by atoms with van der Waals surface area (Å²) < 4.78 is 5.45. The molecule has 1 aromatic carbocycles. The van der Waals surface area contributed by atoms with Crippen molar-refractivity contribution in [2.45, 2.75) is 58.5 Å². The number of carbonyl (C=O) groups excluding carboxylic acids is 2. The Morgan fingerprint density at radius 2 is 2.03 bits per heavy atom. The molecule has 4 rings (SSSR count). The van der Waals surface area contributed by atoms with Gasteiger partial charge in [-0.05, 0) is 45.1 Å². The van der Waals surface area contributed by atoms with E-state index in [9.17, 15) is 9.59 Å². The summed E-state index contributed by atoms with van der Waals surface area (Å²) in [6.45, 7) is 5.38. The lowest BCUT2D eigenvalue weighted by molar-refractivity contribution is -0.164. The highest BCUT2D eigenvalue weighted by molar-refractivity contribution is 6.01. The van der Waals surface area contributed by atoms with Crippen LogP contribution >= 0.6 is 0 Å². The van der Waals surface area contributed by atoms with Gasteiger partial charge in [-0.15, -0.1) is 0 Å². The number of aryl methyl sites for hydroxylation is 1. The Balaban J connectivity index is 1.47. The Morgan fingerprint density at radius 1 is 1.28 bits per heavy atom. The number of hydrogen-bond acceptors (Lipinski definition) is 5. The Bertz CT molecular complexity index is 800. The molecular formula is C23H30N2O4. The molecule has 0 spiro atoms. The molecule has 1 amide bonds. The topological polar surface area (TPSA) is 68.2 Å². The summed E-state index contributed by atoms with van der Waals surface area (Å²) >= 11 is 0. The second kappa shape index (κ2) is 8.17. The van der Waals surface area contributed by atoms with Gasteiger partial charge in [0, 0.05) is 31.8 Å². The monoisotopic (exact) mass is 398 g/mol. The molecule has 29 heavy (non-hydrogen) atoms. The van der Waals surface area contributed by atoms with Gasteiger partial charge in [0.05, 0.1) is 17.7 Å². The third kappa shape index (κ3) is 4.31. The van der Waals surface area contributed by atoms with E-state index in [4.69, 9.17) is 9.57 Å². The lowest BCUT2D eigenvalue weighted by atomic mass is 9.74. The number of ether oxygens (including phenoxy) is 1. The van der Waals surface area contributed by atoms with E-state index in [2.05, 4.69) is 36.3 Å². The van der Waals surface area contributed by atoms with Crippen LogP contribution in [0.15, 0.2) is 29.4 Å². The molecule has 1 aromatic rings. The number of benzene rings is 1. The van der Waals surface area contributed by atoms with Crippen molar-refractivity contribution in [3.63, 3.8) is 0 Å². The molecule has 2 aliphatic heterocycles. The number of esters is 1. The van der Waals surface area contributed by atoms with E-state index in [1.54, 1.807) is 0 Å². The highest BCUT2D eigenvalue weighted by Crippen LogP contribution is 2.41. The van der Waals surface area contributed by atoms with E-state index < -0.39 is 5.41 Å². The van der Waals surface area contributed by atoms with Crippen molar-refractivity contribution in [3.05, 3.63) is 35.4 Å². The molecule has 0 N–H and O–H groups in total. The number of oxime groups is 1. The van der Waals surface area contributed by atoms with Crippen LogP contribution in [0.1, 0.15) is 56.6 Å².